The second-order valence-electron chi connectivity index (χ2n) is 9.20. The van der Waals surface area contributed by atoms with Gasteiger partial charge in [0.15, 0.2) is 0 Å². The van der Waals surface area contributed by atoms with Crippen molar-refractivity contribution in [1.82, 2.24) is 9.55 Å². The number of pyridine rings is 1. The number of hydrogen-bond acceptors (Lipinski definition) is 2. The first-order chi connectivity index (χ1) is 17.9. The quantitative estimate of drug-likeness (QED) is 0.243. The Balaban J connectivity index is 1.47. The number of benzene rings is 5. The number of nitrogens with zero attached hydrogens (tertiary/aromatic N) is 2. The van der Waals surface area contributed by atoms with Gasteiger partial charge in [0.05, 0.1) is 26.8 Å². The van der Waals surface area contributed by atoms with Gasteiger partial charge in [-0.15, -0.1) is 11.3 Å². The van der Waals surface area contributed by atoms with E-state index < -0.39 is 0 Å². The van der Waals surface area contributed by atoms with Crippen LogP contribution >= 0.6 is 11.3 Å². The van der Waals surface area contributed by atoms with E-state index in [1.807, 2.05) is 11.3 Å². The van der Waals surface area contributed by atoms with E-state index in [1.165, 1.54) is 58.8 Å². The van der Waals surface area contributed by atoms with E-state index in [-0.39, 0.29) is 0 Å². The molecular weight excluding hydrogens is 456 g/mol. The zero-order valence-electron chi connectivity index (χ0n) is 19.3. The molecule has 0 saturated heterocycles. The highest BCUT2D eigenvalue weighted by molar-refractivity contribution is 7.26. The summed E-state index contributed by atoms with van der Waals surface area (Å²) in [4.78, 5) is 5.11. The zero-order chi connectivity index (χ0) is 23.6. The third-order valence-electron chi connectivity index (χ3n) is 7.18. The molecule has 0 atom stereocenters. The first-order valence-electron chi connectivity index (χ1n) is 12.2. The molecule has 0 aliphatic carbocycles. The molecule has 0 spiro atoms. The van der Waals surface area contributed by atoms with E-state index >= 15 is 0 Å². The molecule has 3 heteroatoms. The molecule has 0 aliphatic heterocycles. The Morgan fingerprint density at radius 3 is 1.97 bits per heavy atom. The topological polar surface area (TPSA) is 17.8 Å². The molecule has 36 heavy (non-hydrogen) atoms. The Morgan fingerprint density at radius 1 is 0.556 bits per heavy atom. The van der Waals surface area contributed by atoms with Crippen LogP contribution in [0.3, 0.4) is 0 Å². The van der Waals surface area contributed by atoms with Crippen molar-refractivity contribution in [3.63, 3.8) is 0 Å². The molecule has 0 unspecified atom stereocenters. The van der Waals surface area contributed by atoms with Gasteiger partial charge in [-0.25, -0.2) is 4.98 Å². The summed E-state index contributed by atoms with van der Waals surface area (Å²) in [6.07, 6.45) is 0. The van der Waals surface area contributed by atoms with Crippen molar-refractivity contribution < 1.29 is 0 Å². The van der Waals surface area contributed by atoms with Gasteiger partial charge in [-0.2, -0.15) is 0 Å². The molecule has 0 aliphatic rings. The van der Waals surface area contributed by atoms with Crippen LogP contribution in [0.2, 0.25) is 0 Å². The van der Waals surface area contributed by atoms with Crippen LogP contribution in [0.1, 0.15) is 0 Å². The summed E-state index contributed by atoms with van der Waals surface area (Å²) >= 11 is 1.84. The fourth-order valence-corrected chi connectivity index (χ4v) is 6.85. The lowest BCUT2D eigenvalue weighted by atomic mass is 9.99. The van der Waals surface area contributed by atoms with E-state index in [0.29, 0.717) is 0 Å². The molecule has 5 aromatic carbocycles. The first kappa shape index (κ1) is 19.8. The summed E-state index contributed by atoms with van der Waals surface area (Å²) in [7, 11) is 0. The maximum absolute atomic E-state index is 5.11. The van der Waals surface area contributed by atoms with Gasteiger partial charge in [0.2, 0.25) is 0 Å². The highest BCUT2D eigenvalue weighted by Gasteiger charge is 2.17. The van der Waals surface area contributed by atoms with Crippen LogP contribution in [0.5, 0.6) is 0 Å². The second kappa shape index (κ2) is 7.51. The lowest BCUT2D eigenvalue weighted by molar-refractivity contribution is 1.18. The molecule has 0 radical (unpaired) electrons. The molecule has 0 amide bonds. The molecule has 168 valence electrons. The number of hydrogen-bond donors (Lipinski definition) is 0. The maximum atomic E-state index is 5.11. The van der Waals surface area contributed by atoms with E-state index in [1.54, 1.807) is 0 Å². The number of aromatic nitrogens is 2. The Kier molecular flexibility index (Phi) is 4.13. The van der Waals surface area contributed by atoms with Crippen LogP contribution in [0.25, 0.3) is 69.8 Å². The first-order valence-corrected chi connectivity index (χ1v) is 13.0. The zero-order valence-corrected chi connectivity index (χ0v) is 20.2. The van der Waals surface area contributed by atoms with Crippen LogP contribution in [-0.4, -0.2) is 9.55 Å². The predicted molar refractivity (Wildman–Crippen MR) is 154 cm³/mol. The molecule has 0 N–H and O–H groups in total. The summed E-state index contributed by atoms with van der Waals surface area (Å²) in [5.74, 6) is 0. The van der Waals surface area contributed by atoms with Crippen molar-refractivity contribution in [3.05, 3.63) is 121 Å². The number of para-hydroxylation sites is 3. The predicted octanol–water partition coefficient (Wildman–Crippen LogP) is 9.37. The van der Waals surface area contributed by atoms with E-state index in [9.17, 15) is 0 Å². The lowest BCUT2D eigenvalue weighted by Gasteiger charge is -2.12. The maximum Gasteiger partial charge on any atom is 0.0902 e. The van der Waals surface area contributed by atoms with Crippen molar-refractivity contribution in [1.29, 1.82) is 0 Å². The van der Waals surface area contributed by atoms with Gasteiger partial charge in [-0.3, -0.25) is 0 Å². The van der Waals surface area contributed by atoms with Crippen molar-refractivity contribution in [2.45, 2.75) is 0 Å². The van der Waals surface area contributed by atoms with Crippen LogP contribution < -0.4 is 0 Å². The smallest absolute Gasteiger partial charge is 0.0902 e. The molecular formula is C33H20N2S. The molecule has 8 aromatic rings. The lowest BCUT2D eigenvalue weighted by Crippen LogP contribution is -1.94. The standard InChI is InChI=1S/C33H20N2S/c1-5-16-27-25(14-1)31(33-32(34-27)26-15-4-8-19-30(26)36-33)21-10-9-11-22(20-21)35-28-17-6-2-12-23(28)24-13-3-7-18-29(24)35/h1-20H. The minimum absolute atomic E-state index is 1.03. The Morgan fingerprint density at radius 2 is 1.19 bits per heavy atom. The third-order valence-corrected chi connectivity index (χ3v) is 8.35. The van der Waals surface area contributed by atoms with Crippen LogP contribution in [0.15, 0.2) is 121 Å². The molecule has 0 bridgehead atoms. The summed E-state index contributed by atoms with van der Waals surface area (Å²) in [6, 6.07) is 43.5. The van der Waals surface area contributed by atoms with Gasteiger partial charge in [0, 0.05) is 37.5 Å². The van der Waals surface area contributed by atoms with Gasteiger partial charge in [-0.1, -0.05) is 84.9 Å². The molecule has 2 nitrogen and oxygen atoms in total. The van der Waals surface area contributed by atoms with Gasteiger partial charge < -0.3 is 4.57 Å². The highest BCUT2D eigenvalue weighted by Crippen LogP contribution is 2.43. The van der Waals surface area contributed by atoms with E-state index in [4.69, 9.17) is 4.98 Å². The monoisotopic (exact) mass is 476 g/mol. The summed E-state index contributed by atoms with van der Waals surface area (Å²) < 4.78 is 4.91. The summed E-state index contributed by atoms with van der Waals surface area (Å²) in [5, 5.41) is 4.97. The van der Waals surface area contributed by atoms with Crippen LogP contribution in [0.4, 0.5) is 0 Å². The minimum atomic E-state index is 1.03. The normalized spacial score (nSPS) is 11.9. The fraction of sp³-hybridized carbons (Fsp3) is 0. The Labute approximate surface area is 211 Å². The summed E-state index contributed by atoms with van der Waals surface area (Å²) in [6.45, 7) is 0. The average molecular weight is 477 g/mol. The van der Waals surface area contributed by atoms with Gasteiger partial charge in [0.1, 0.15) is 0 Å². The van der Waals surface area contributed by atoms with Gasteiger partial charge in [0.25, 0.3) is 0 Å². The largest absolute Gasteiger partial charge is 0.309 e. The van der Waals surface area contributed by atoms with Crippen LogP contribution in [-0.2, 0) is 0 Å². The van der Waals surface area contributed by atoms with E-state index in [2.05, 4.69) is 126 Å². The fourth-order valence-electron chi connectivity index (χ4n) is 5.63. The van der Waals surface area contributed by atoms with Crippen LogP contribution in [0, 0.1) is 0 Å². The molecule has 3 heterocycles. The van der Waals surface area contributed by atoms with Gasteiger partial charge >= 0.3 is 0 Å². The van der Waals surface area contributed by atoms with E-state index in [0.717, 1.165) is 11.0 Å². The Bertz CT molecular complexity index is 2060. The van der Waals surface area contributed by atoms with Crippen molar-refractivity contribution in [2.75, 3.05) is 0 Å². The number of rotatable bonds is 2. The van der Waals surface area contributed by atoms with Crippen molar-refractivity contribution in [3.8, 4) is 16.8 Å². The Hall–Kier alpha value is -4.47. The average Bonchev–Trinajstić information content (AvgIpc) is 3.47. The third kappa shape index (κ3) is 2.75. The number of thiophene rings is 1. The highest BCUT2D eigenvalue weighted by atomic mass is 32.1. The number of fused-ring (bicyclic) bond motifs is 7. The van der Waals surface area contributed by atoms with Gasteiger partial charge in [-0.05, 0) is 42.0 Å². The van der Waals surface area contributed by atoms with Crippen molar-refractivity contribution >= 4 is 64.3 Å². The molecule has 8 rings (SSSR count). The summed E-state index contributed by atoms with van der Waals surface area (Å²) in [5.41, 5.74) is 8.21. The second-order valence-corrected chi connectivity index (χ2v) is 10.3. The minimum Gasteiger partial charge on any atom is -0.309 e. The van der Waals surface area contributed by atoms with Crippen molar-refractivity contribution in [2.24, 2.45) is 0 Å². The molecule has 3 aromatic heterocycles. The molecule has 0 saturated carbocycles. The SMILES string of the molecule is c1cc(-c2c3ccccc3nc3c2sc2ccccc23)cc(-n2c3ccccc3c3ccccc32)c1. The molecule has 0 fully saturated rings.